The van der Waals surface area contributed by atoms with Crippen molar-refractivity contribution in [1.29, 1.82) is 0 Å². The van der Waals surface area contributed by atoms with Crippen LogP contribution in [-0.4, -0.2) is 59.8 Å². The molecule has 0 radical (unpaired) electrons. The first-order valence-electron chi connectivity index (χ1n) is 8.48. The topological polar surface area (TPSA) is 84.4 Å². The van der Waals surface area contributed by atoms with Crippen molar-refractivity contribution < 1.29 is 14.3 Å². The molecule has 0 saturated carbocycles. The van der Waals surface area contributed by atoms with Gasteiger partial charge in [-0.1, -0.05) is 24.6 Å². The van der Waals surface area contributed by atoms with E-state index in [1.165, 1.54) is 7.11 Å². The molecule has 2 aromatic rings. The number of hydrogen-bond donors (Lipinski definition) is 1. The lowest BCUT2D eigenvalue weighted by atomic mass is 9.93. The van der Waals surface area contributed by atoms with Gasteiger partial charge in [0.25, 0.3) is 5.91 Å². The number of halogens is 1. The van der Waals surface area contributed by atoms with Crippen LogP contribution in [0.25, 0.3) is 10.9 Å². The second kappa shape index (κ2) is 7.97. The summed E-state index contributed by atoms with van der Waals surface area (Å²) in [4.78, 5) is 26.2. The number of nitrogens with zero attached hydrogens (tertiary/aromatic N) is 3. The fourth-order valence-corrected chi connectivity index (χ4v) is 3.33. The van der Waals surface area contributed by atoms with Crippen molar-refractivity contribution in [1.82, 2.24) is 20.4 Å². The predicted molar refractivity (Wildman–Crippen MR) is 98.0 cm³/mol. The maximum atomic E-state index is 12.5. The number of fused-ring (bicyclic) bond motifs is 1. The van der Waals surface area contributed by atoms with E-state index in [0.29, 0.717) is 30.0 Å². The van der Waals surface area contributed by atoms with Gasteiger partial charge in [0.15, 0.2) is 5.69 Å². The Labute approximate surface area is 156 Å². The number of benzene rings is 1. The minimum absolute atomic E-state index is 0.0168. The number of likely N-dealkylation sites (tertiary alicyclic amines) is 1. The van der Waals surface area contributed by atoms with Crippen molar-refractivity contribution in [2.75, 3.05) is 26.8 Å². The Morgan fingerprint density at radius 3 is 2.88 bits per heavy atom. The van der Waals surface area contributed by atoms with Gasteiger partial charge in [-0.05, 0) is 30.5 Å². The lowest BCUT2D eigenvalue weighted by molar-refractivity contribution is -0.137. The lowest BCUT2D eigenvalue weighted by Gasteiger charge is -2.37. The molecule has 7 nitrogen and oxygen atoms in total. The van der Waals surface area contributed by atoms with E-state index in [1.807, 2.05) is 13.0 Å². The second-order valence-corrected chi connectivity index (χ2v) is 6.99. The maximum Gasteiger partial charge on any atom is 0.272 e. The van der Waals surface area contributed by atoms with Crippen molar-refractivity contribution in [3.8, 4) is 0 Å². The molecule has 26 heavy (non-hydrogen) atoms. The van der Waals surface area contributed by atoms with Gasteiger partial charge in [-0.15, -0.1) is 10.2 Å². The maximum absolute atomic E-state index is 12.5. The molecule has 0 spiro atoms. The minimum atomic E-state index is -0.261. The number of piperidine rings is 1. The van der Waals surface area contributed by atoms with E-state index >= 15 is 0 Å². The highest BCUT2D eigenvalue weighted by Crippen LogP contribution is 2.19. The summed E-state index contributed by atoms with van der Waals surface area (Å²) in [5.74, 6) is -0.147. The van der Waals surface area contributed by atoms with Gasteiger partial charge in [0.2, 0.25) is 5.91 Å². The highest BCUT2D eigenvalue weighted by Gasteiger charge is 2.30. The lowest BCUT2D eigenvalue weighted by Crippen LogP contribution is -2.52. The number of carbonyl (C=O) groups is 2. The summed E-state index contributed by atoms with van der Waals surface area (Å²) >= 11 is 5.94. The van der Waals surface area contributed by atoms with Crippen LogP contribution in [0.4, 0.5) is 0 Å². The summed E-state index contributed by atoms with van der Waals surface area (Å²) in [7, 11) is 1.51. The molecular weight excluding hydrogens is 356 g/mol. The normalized spacial score (nSPS) is 20.2. The zero-order valence-corrected chi connectivity index (χ0v) is 15.5. The Hall–Kier alpha value is -2.25. The monoisotopic (exact) mass is 376 g/mol. The van der Waals surface area contributed by atoms with Gasteiger partial charge in [-0.3, -0.25) is 9.59 Å². The van der Waals surface area contributed by atoms with E-state index < -0.39 is 0 Å². The number of ether oxygens (including phenoxy) is 1. The molecule has 2 heterocycles. The van der Waals surface area contributed by atoms with Gasteiger partial charge in [0, 0.05) is 36.7 Å². The summed E-state index contributed by atoms with van der Waals surface area (Å²) in [6.07, 6.45) is 0.693. The molecule has 3 rings (SSSR count). The zero-order chi connectivity index (χ0) is 18.7. The first-order chi connectivity index (χ1) is 12.5. The SMILES string of the molecule is COCC(=O)N1CC[C@H](NC(=O)c2cc3ccc(Cl)cc3nn2)[C@H](C)C1. The van der Waals surface area contributed by atoms with E-state index in [2.05, 4.69) is 15.5 Å². The highest BCUT2D eigenvalue weighted by atomic mass is 35.5. The Morgan fingerprint density at radius 2 is 2.15 bits per heavy atom. The molecule has 1 fully saturated rings. The Morgan fingerprint density at radius 1 is 1.35 bits per heavy atom. The third kappa shape index (κ3) is 4.11. The van der Waals surface area contributed by atoms with Crippen LogP contribution in [0.1, 0.15) is 23.8 Å². The third-order valence-corrected chi connectivity index (χ3v) is 4.86. The van der Waals surface area contributed by atoms with E-state index in [4.69, 9.17) is 16.3 Å². The molecule has 0 unspecified atom stereocenters. The molecule has 0 bridgehead atoms. The van der Waals surface area contributed by atoms with Gasteiger partial charge in [-0.25, -0.2) is 0 Å². The summed E-state index contributed by atoms with van der Waals surface area (Å²) in [6, 6.07) is 6.96. The number of rotatable bonds is 4. The number of amides is 2. The van der Waals surface area contributed by atoms with Gasteiger partial charge in [0.05, 0.1) is 5.52 Å². The van der Waals surface area contributed by atoms with Gasteiger partial charge in [0.1, 0.15) is 6.61 Å². The summed E-state index contributed by atoms with van der Waals surface area (Å²) in [5.41, 5.74) is 0.914. The van der Waals surface area contributed by atoms with Crippen LogP contribution in [-0.2, 0) is 9.53 Å². The van der Waals surface area contributed by atoms with Crippen LogP contribution in [0.15, 0.2) is 24.3 Å². The van der Waals surface area contributed by atoms with Crippen molar-refractivity contribution in [2.24, 2.45) is 5.92 Å². The van der Waals surface area contributed by atoms with Crippen molar-refractivity contribution >= 4 is 34.3 Å². The molecule has 0 aliphatic carbocycles. The molecule has 138 valence electrons. The summed E-state index contributed by atoms with van der Waals surface area (Å²) in [5, 5.41) is 12.5. The fraction of sp³-hybridized carbons (Fsp3) is 0.444. The van der Waals surface area contributed by atoms with Crippen molar-refractivity contribution in [3.63, 3.8) is 0 Å². The average Bonchev–Trinajstić information content (AvgIpc) is 2.63. The van der Waals surface area contributed by atoms with E-state index in [0.717, 1.165) is 5.39 Å². The molecule has 2 atom stereocenters. The van der Waals surface area contributed by atoms with Crippen LogP contribution in [0, 0.1) is 5.92 Å². The van der Waals surface area contributed by atoms with Gasteiger partial charge < -0.3 is 15.0 Å². The largest absolute Gasteiger partial charge is 0.375 e. The summed E-state index contributed by atoms with van der Waals surface area (Å²) in [6.45, 7) is 3.29. The zero-order valence-electron chi connectivity index (χ0n) is 14.7. The van der Waals surface area contributed by atoms with Gasteiger partial charge in [-0.2, -0.15) is 0 Å². The number of methoxy groups -OCH3 is 1. The fourth-order valence-electron chi connectivity index (χ4n) is 3.16. The number of aromatic nitrogens is 2. The average molecular weight is 377 g/mol. The van der Waals surface area contributed by atoms with Crippen molar-refractivity contribution in [2.45, 2.75) is 19.4 Å². The predicted octanol–water partition coefficient (Wildman–Crippen LogP) is 1.90. The van der Waals surface area contributed by atoms with E-state index in [1.54, 1.807) is 23.1 Å². The highest BCUT2D eigenvalue weighted by molar-refractivity contribution is 6.31. The molecular formula is C18H21ClN4O3. The number of hydrogen-bond acceptors (Lipinski definition) is 5. The third-order valence-electron chi connectivity index (χ3n) is 4.63. The standard InChI is InChI=1S/C18H21ClN4O3/c1-11-9-23(17(24)10-26-2)6-5-14(11)20-18(25)16-7-12-3-4-13(19)8-15(12)21-22-16/h3-4,7-8,11,14H,5-6,9-10H2,1-2H3,(H,20,25)/t11-,14+/m1/s1. The minimum Gasteiger partial charge on any atom is -0.375 e. The molecule has 1 aliphatic rings. The first-order valence-corrected chi connectivity index (χ1v) is 8.86. The van der Waals surface area contributed by atoms with Crippen LogP contribution in [0.5, 0.6) is 0 Å². The molecule has 8 heteroatoms. The van der Waals surface area contributed by atoms with Crippen LogP contribution in [0.2, 0.25) is 5.02 Å². The quantitative estimate of drug-likeness (QED) is 0.880. The molecule has 1 N–H and O–H groups in total. The van der Waals surface area contributed by atoms with Crippen LogP contribution < -0.4 is 5.32 Å². The smallest absolute Gasteiger partial charge is 0.272 e. The van der Waals surface area contributed by atoms with E-state index in [9.17, 15) is 9.59 Å². The van der Waals surface area contributed by atoms with Crippen LogP contribution >= 0.6 is 11.6 Å². The van der Waals surface area contributed by atoms with E-state index in [-0.39, 0.29) is 36.1 Å². The molecule has 2 amide bonds. The van der Waals surface area contributed by atoms with Crippen LogP contribution in [0.3, 0.4) is 0 Å². The number of nitrogens with one attached hydrogen (secondary N) is 1. The molecule has 1 aromatic heterocycles. The Balaban J connectivity index is 1.65. The Bertz CT molecular complexity index is 829. The Kier molecular flexibility index (Phi) is 5.68. The molecule has 1 aliphatic heterocycles. The summed E-state index contributed by atoms with van der Waals surface area (Å²) < 4.78 is 4.90. The number of carbonyl (C=O) groups excluding carboxylic acids is 2. The van der Waals surface area contributed by atoms with Gasteiger partial charge >= 0.3 is 0 Å². The molecule has 1 aromatic carbocycles. The molecule has 1 saturated heterocycles. The van der Waals surface area contributed by atoms with Crippen molar-refractivity contribution in [3.05, 3.63) is 35.0 Å². The first kappa shape index (κ1) is 18.5. The second-order valence-electron chi connectivity index (χ2n) is 6.55.